The van der Waals surface area contributed by atoms with Crippen molar-refractivity contribution in [3.63, 3.8) is 0 Å². The maximum atomic E-state index is 6.51. The van der Waals surface area contributed by atoms with Gasteiger partial charge in [0.1, 0.15) is 16.7 Å². The number of rotatable bonds is 0. The average molecular weight is 293 g/mol. The molecule has 0 atom stereocenters. The predicted octanol–water partition coefficient (Wildman–Crippen LogP) is 5.04. The van der Waals surface area contributed by atoms with E-state index in [9.17, 15) is 0 Å². The Morgan fingerprint density at radius 1 is 1.05 bits per heavy atom. The maximum Gasteiger partial charge on any atom is 0.164 e. The predicted molar refractivity (Wildman–Crippen MR) is 85.0 cm³/mol. The van der Waals surface area contributed by atoms with Crippen LogP contribution in [0.25, 0.3) is 38.6 Å². The fourth-order valence-corrected chi connectivity index (χ4v) is 3.25. The Hall–Kier alpha value is -2.52. The molecule has 3 heterocycles. The molecule has 0 unspecified atom stereocenters. The zero-order valence-electron chi connectivity index (χ0n) is 10.9. The van der Waals surface area contributed by atoms with Crippen molar-refractivity contribution in [1.29, 1.82) is 0 Å². The van der Waals surface area contributed by atoms with Crippen molar-refractivity contribution in [1.82, 2.24) is 9.38 Å². The fourth-order valence-electron chi connectivity index (χ4n) is 2.96. The fraction of sp³-hybridized carbons (Fsp3) is 0. The number of aromatic nitrogens is 2. The lowest BCUT2D eigenvalue weighted by Crippen LogP contribution is -1.81. The van der Waals surface area contributed by atoms with Gasteiger partial charge in [-0.3, -0.25) is 4.40 Å². The van der Waals surface area contributed by atoms with Gasteiger partial charge in [-0.1, -0.05) is 35.9 Å². The summed E-state index contributed by atoms with van der Waals surface area (Å²) in [5.74, 6) is 0. The second-order valence-electron chi connectivity index (χ2n) is 5.07. The van der Waals surface area contributed by atoms with Gasteiger partial charge in [0.25, 0.3) is 0 Å². The molecule has 5 rings (SSSR count). The van der Waals surface area contributed by atoms with Crippen molar-refractivity contribution in [3.05, 3.63) is 59.8 Å². The van der Waals surface area contributed by atoms with Gasteiger partial charge in [-0.2, -0.15) is 0 Å². The first-order valence-electron chi connectivity index (χ1n) is 6.69. The summed E-state index contributed by atoms with van der Waals surface area (Å²) in [6, 6.07) is 15.8. The van der Waals surface area contributed by atoms with Crippen LogP contribution in [0.15, 0.2) is 59.1 Å². The summed E-state index contributed by atoms with van der Waals surface area (Å²) >= 11 is 6.51. The minimum absolute atomic E-state index is 0.688. The number of furan rings is 1. The number of hydrogen-bond acceptors (Lipinski definition) is 2. The lowest BCUT2D eigenvalue weighted by atomic mass is 10.1. The first kappa shape index (κ1) is 11.2. The van der Waals surface area contributed by atoms with Crippen LogP contribution in [0, 0.1) is 0 Å². The maximum absolute atomic E-state index is 6.51. The van der Waals surface area contributed by atoms with Crippen LogP contribution in [0.2, 0.25) is 5.02 Å². The second kappa shape index (κ2) is 3.77. The Balaban J connectivity index is 2.14. The summed E-state index contributed by atoms with van der Waals surface area (Å²) in [4.78, 5) is 4.69. The van der Waals surface area contributed by atoms with Crippen molar-refractivity contribution < 1.29 is 4.42 Å². The van der Waals surface area contributed by atoms with E-state index in [0.29, 0.717) is 5.02 Å². The van der Waals surface area contributed by atoms with Gasteiger partial charge in [-0.15, -0.1) is 0 Å². The molecule has 0 spiro atoms. The molecule has 0 aliphatic rings. The molecule has 0 fully saturated rings. The molecule has 100 valence electrons. The summed E-state index contributed by atoms with van der Waals surface area (Å²) in [6.45, 7) is 0. The van der Waals surface area contributed by atoms with E-state index in [4.69, 9.17) is 21.0 Å². The Bertz CT molecular complexity index is 1150. The number of nitrogens with zero attached hydrogens (tertiary/aromatic N) is 2. The van der Waals surface area contributed by atoms with E-state index in [1.165, 1.54) is 0 Å². The largest absolute Gasteiger partial charge is 0.454 e. The lowest BCUT2D eigenvalue weighted by Gasteiger charge is -1.97. The molecule has 2 aromatic carbocycles. The Labute approximate surface area is 124 Å². The standard InChI is InChI=1S/C17H9ClN2O/c18-11-9-12-16(19-14-7-3-4-8-20(12)14)17-15(11)10-5-1-2-6-13(10)21-17/h1-9H. The molecule has 0 N–H and O–H groups in total. The van der Waals surface area contributed by atoms with Gasteiger partial charge in [0.2, 0.25) is 0 Å². The lowest BCUT2D eigenvalue weighted by molar-refractivity contribution is 0.672. The van der Waals surface area contributed by atoms with Crippen LogP contribution >= 0.6 is 11.6 Å². The molecule has 21 heavy (non-hydrogen) atoms. The van der Waals surface area contributed by atoms with Gasteiger partial charge in [0.15, 0.2) is 5.58 Å². The van der Waals surface area contributed by atoms with Crippen LogP contribution in [0.3, 0.4) is 0 Å². The van der Waals surface area contributed by atoms with E-state index in [1.807, 2.05) is 59.1 Å². The van der Waals surface area contributed by atoms with E-state index in [2.05, 4.69) is 0 Å². The summed E-state index contributed by atoms with van der Waals surface area (Å²) in [5, 5.41) is 2.65. The summed E-state index contributed by atoms with van der Waals surface area (Å²) in [6.07, 6.45) is 1.98. The van der Waals surface area contributed by atoms with Crippen LogP contribution < -0.4 is 0 Å². The van der Waals surface area contributed by atoms with Crippen molar-refractivity contribution in [3.8, 4) is 0 Å². The molecular formula is C17H9ClN2O. The minimum Gasteiger partial charge on any atom is -0.454 e. The zero-order chi connectivity index (χ0) is 14.0. The quantitative estimate of drug-likeness (QED) is 0.400. The van der Waals surface area contributed by atoms with Crippen LogP contribution in [-0.4, -0.2) is 9.38 Å². The van der Waals surface area contributed by atoms with Crippen molar-refractivity contribution in [2.24, 2.45) is 0 Å². The Kier molecular flexibility index (Phi) is 2.01. The summed E-state index contributed by atoms with van der Waals surface area (Å²) in [5.41, 5.74) is 4.27. The van der Waals surface area contributed by atoms with Gasteiger partial charge in [-0.05, 0) is 24.3 Å². The molecule has 0 saturated carbocycles. The van der Waals surface area contributed by atoms with Crippen LogP contribution in [0.1, 0.15) is 0 Å². The van der Waals surface area contributed by atoms with Crippen LogP contribution in [0.5, 0.6) is 0 Å². The number of hydrogen-bond donors (Lipinski definition) is 0. The van der Waals surface area contributed by atoms with E-state index in [1.54, 1.807) is 0 Å². The molecule has 3 aromatic heterocycles. The summed E-state index contributed by atoms with van der Waals surface area (Å²) in [7, 11) is 0. The van der Waals surface area contributed by atoms with Gasteiger partial charge in [0.05, 0.1) is 10.5 Å². The third-order valence-electron chi connectivity index (χ3n) is 3.88. The number of halogens is 1. The van der Waals surface area contributed by atoms with Crippen LogP contribution in [0.4, 0.5) is 0 Å². The van der Waals surface area contributed by atoms with E-state index < -0.39 is 0 Å². The molecule has 0 radical (unpaired) electrons. The molecule has 0 amide bonds. The van der Waals surface area contributed by atoms with Crippen molar-refractivity contribution in [2.75, 3.05) is 0 Å². The van der Waals surface area contributed by atoms with Crippen molar-refractivity contribution >= 4 is 50.2 Å². The topological polar surface area (TPSA) is 30.4 Å². The number of imidazole rings is 1. The molecule has 3 nitrogen and oxygen atoms in total. The minimum atomic E-state index is 0.688. The first-order chi connectivity index (χ1) is 10.3. The number of fused-ring (bicyclic) bond motifs is 7. The Morgan fingerprint density at radius 3 is 2.86 bits per heavy atom. The van der Waals surface area contributed by atoms with Gasteiger partial charge in [-0.25, -0.2) is 4.98 Å². The highest BCUT2D eigenvalue weighted by Crippen LogP contribution is 2.38. The Morgan fingerprint density at radius 2 is 1.90 bits per heavy atom. The normalized spacial score (nSPS) is 12.0. The molecular weight excluding hydrogens is 284 g/mol. The highest BCUT2D eigenvalue weighted by atomic mass is 35.5. The molecule has 4 heteroatoms. The molecule has 0 saturated heterocycles. The smallest absolute Gasteiger partial charge is 0.164 e. The number of benzene rings is 2. The van der Waals surface area contributed by atoms with Gasteiger partial charge < -0.3 is 4.42 Å². The monoisotopic (exact) mass is 292 g/mol. The number of para-hydroxylation sites is 1. The molecule has 0 aliphatic heterocycles. The summed E-state index contributed by atoms with van der Waals surface area (Å²) < 4.78 is 8.04. The molecule has 0 aliphatic carbocycles. The van der Waals surface area contributed by atoms with Gasteiger partial charge in [0, 0.05) is 17.0 Å². The van der Waals surface area contributed by atoms with E-state index in [0.717, 1.165) is 38.6 Å². The zero-order valence-corrected chi connectivity index (χ0v) is 11.6. The molecule has 0 bridgehead atoms. The van der Waals surface area contributed by atoms with Crippen LogP contribution in [-0.2, 0) is 0 Å². The average Bonchev–Trinajstić information content (AvgIpc) is 3.06. The van der Waals surface area contributed by atoms with Gasteiger partial charge >= 0.3 is 0 Å². The van der Waals surface area contributed by atoms with E-state index in [-0.39, 0.29) is 0 Å². The second-order valence-corrected chi connectivity index (χ2v) is 5.48. The molecule has 5 aromatic rings. The number of pyridine rings is 1. The first-order valence-corrected chi connectivity index (χ1v) is 7.07. The highest BCUT2D eigenvalue weighted by molar-refractivity contribution is 6.39. The SMILES string of the molecule is Clc1cc2c(nc3ccccn32)c2oc3ccccc3c12. The van der Waals surface area contributed by atoms with E-state index >= 15 is 0 Å². The third kappa shape index (κ3) is 1.36. The third-order valence-corrected chi connectivity index (χ3v) is 4.18. The van der Waals surface area contributed by atoms with Crippen molar-refractivity contribution in [2.45, 2.75) is 0 Å². The highest BCUT2D eigenvalue weighted by Gasteiger charge is 2.17.